The molecule has 3 nitrogen and oxygen atoms in total. The van der Waals surface area contributed by atoms with Gasteiger partial charge in [-0.3, -0.25) is 4.90 Å². The highest BCUT2D eigenvalue weighted by atomic mass is 16.5. The number of hydrogen-bond donors (Lipinski definition) is 1. The summed E-state index contributed by atoms with van der Waals surface area (Å²) in [6.45, 7) is 6.13. The molecule has 0 spiro atoms. The maximum Gasteiger partial charge on any atom is 0.0589 e. The van der Waals surface area contributed by atoms with Crippen LogP contribution >= 0.6 is 0 Å². The largest absolute Gasteiger partial charge is 0.383 e. The zero-order valence-electron chi connectivity index (χ0n) is 8.18. The molecule has 0 aromatic heterocycles. The van der Waals surface area contributed by atoms with E-state index < -0.39 is 0 Å². The van der Waals surface area contributed by atoms with E-state index in [1.54, 1.807) is 7.11 Å². The van der Waals surface area contributed by atoms with Crippen LogP contribution in [0.4, 0.5) is 0 Å². The Kier molecular flexibility index (Phi) is 3.50. The summed E-state index contributed by atoms with van der Waals surface area (Å²) in [7, 11) is 1.74. The van der Waals surface area contributed by atoms with Crippen molar-refractivity contribution < 1.29 is 4.74 Å². The van der Waals surface area contributed by atoms with E-state index in [0.29, 0.717) is 0 Å². The number of hydrogen-bond acceptors (Lipinski definition) is 3. The summed E-state index contributed by atoms with van der Waals surface area (Å²) < 4.78 is 4.99. The van der Waals surface area contributed by atoms with Crippen LogP contribution in [-0.2, 0) is 4.74 Å². The van der Waals surface area contributed by atoms with E-state index in [4.69, 9.17) is 10.5 Å². The molecule has 0 aromatic rings. The molecule has 12 heavy (non-hydrogen) atoms. The first-order chi connectivity index (χ1) is 5.70. The van der Waals surface area contributed by atoms with Crippen molar-refractivity contribution in [1.82, 2.24) is 4.90 Å². The molecular formula is C9H20N2O. The Morgan fingerprint density at radius 1 is 1.50 bits per heavy atom. The van der Waals surface area contributed by atoms with Crippen molar-refractivity contribution in [2.24, 2.45) is 5.73 Å². The Labute approximate surface area is 74.9 Å². The smallest absolute Gasteiger partial charge is 0.0589 e. The highest BCUT2D eigenvalue weighted by Crippen LogP contribution is 2.22. The predicted octanol–water partition coefficient (Wildman–Crippen LogP) is 0.446. The molecule has 1 aliphatic rings. The molecule has 0 atom stereocenters. The van der Waals surface area contributed by atoms with E-state index in [1.807, 2.05) is 0 Å². The summed E-state index contributed by atoms with van der Waals surface area (Å²) in [6, 6.07) is 0. The summed E-state index contributed by atoms with van der Waals surface area (Å²) in [5.41, 5.74) is 6.21. The standard InChI is InChI=1S/C9H20N2O/c1-3-4-9(10)7-11(8-9)5-6-12-2/h3-8,10H2,1-2H3. The first-order valence-corrected chi connectivity index (χ1v) is 4.70. The van der Waals surface area contributed by atoms with Crippen LogP contribution in [0, 0.1) is 0 Å². The number of likely N-dealkylation sites (tertiary alicyclic amines) is 1. The Hall–Kier alpha value is -0.120. The Morgan fingerprint density at radius 3 is 2.67 bits per heavy atom. The van der Waals surface area contributed by atoms with E-state index in [-0.39, 0.29) is 5.54 Å². The van der Waals surface area contributed by atoms with Gasteiger partial charge in [-0.2, -0.15) is 0 Å². The highest BCUT2D eigenvalue weighted by molar-refractivity contribution is 4.99. The van der Waals surface area contributed by atoms with Crippen molar-refractivity contribution in [1.29, 1.82) is 0 Å². The highest BCUT2D eigenvalue weighted by Gasteiger charge is 2.37. The fourth-order valence-electron chi connectivity index (χ4n) is 1.88. The van der Waals surface area contributed by atoms with Crippen LogP contribution in [0.5, 0.6) is 0 Å². The second kappa shape index (κ2) is 4.21. The zero-order valence-corrected chi connectivity index (χ0v) is 8.18. The second-order valence-corrected chi connectivity index (χ2v) is 3.82. The fraction of sp³-hybridized carbons (Fsp3) is 1.00. The van der Waals surface area contributed by atoms with Crippen LogP contribution in [0.2, 0.25) is 0 Å². The summed E-state index contributed by atoms with van der Waals surface area (Å²) in [5, 5.41) is 0. The lowest BCUT2D eigenvalue weighted by molar-refractivity contribution is 0.0390. The lowest BCUT2D eigenvalue weighted by Crippen LogP contribution is -2.67. The van der Waals surface area contributed by atoms with Gasteiger partial charge in [-0.25, -0.2) is 0 Å². The van der Waals surface area contributed by atoms with Crippen molar-refractivity contribution in [2.45, 2.75) is 25.3 Å². The van der Waals surface area contributed by atoms with Crippen molar-refractivity contribution >= 4 is 0 Å². The minimum absolute atomic E-state index is 0.114. The quantitative estimate of drug-likeness (QED) is 0.654. The van der Waals surface area contributed by atoms with Gasteiger partial charge in [-0.15, -0.1) is 0 Å². The number of nitrogens with two attached hydrogens (primary N) is 1. The molecular weight excluding hydrogens is 152 g/mol. The molecule has 1 aliphatic heterocycles. The van der Waals surface area contributed by atoms with Crippen molar-refractivity contribution in [2.75, 3.05) is 33.4 Å². The minimum atomic E-state index is 0.114. The van der Waals surface area contributed by atoms with Crippen LogP contribution in [0.15, 0.2) is 0 Å². The van der Waals surface area contributed by atoms with Crippen LogP contribution in [0.1, 0.15) is 19.8 Å². The van der Waals surface area contributed by atoms with Crippen LogP contribution < -0.4 is 5.73 Å². The number of nitrogens with zero attached hydrogens (tertiary/aromatic N) is 1. The lowest BCUT2D eigenvalue weighted by atomic mass is 9.86. The molecule has 0 aliphatic carbocycles. The van der Waals surface area contributed by atoms with Crippen LogP contribution in [-0.4, -0.2) is 43.8 Å². The SMILES string of the molecule is CCCC1(N)CN(CCOC)C1. The Morgan fingerprint density at radius 2 is 2.17 bits per heavy atom. The summed E-state index contributed by atoms with van der Waals surface area (Å²) >= 11 is 0. The predicted molar refractivity (Wildman–Crippen MR) is 50.1 cm³/mol. The van der Waals surface area contributed by atoms with Gasteiger partial charge in [0.2, 0.25) is 0 Å². The molecule has 0 bridgehead atoms. The van der Waals surface area contributed by atoms with E-state index in [9.17, 15) is 0 Å². The van der Waals surface area contributed by atoms with E-state index in [2.05, 4.69) is 11.8 Å². The van der Waals surface area contributed by atoms with Gasteiger partial charge in [0.1, 0.15) is 0 Å². The third-order valence-corrected chi connectivity index (χ3v) is 2.44. The molecule has 3 heteroatoms. The average molecular weight is 172 g/mol. The zero-order chi connectivity index (χ0) is 9.03. The van der Waals surface area contributed by atoms with Crippen molar-refractivity contribution in [3.05, 3.63) is 0 Å². The first kappa shape index (κ1) is 9.96. The summed E-state index contributed by atoms with van der Waals surface area (Å²) in [4.78, 5) is 2.35. The first-order valence-electron chi connectivity index (χ1n) is 4.70. The van der Waals surface area contributed by atoms with Gasteiger partial charge in [-0.05, 0) is 6.42 Å². The Balaban J connectivity index is 2.09. The molecule has 1 rings (SSSR count). The molecule has 0 saturated carbocycles. The monoisotopic (exact) mass is 172 g/mol. The minimum Gasteiger partial charge on any atom is -0.383 e. The van der Waals surface area contributed by atoms with E-state index >= 15 is 0 Å². The maximum absolute atomic E-state index is 6.09. The Bertz CT molecular complexity index is 132. The molecule has 1 heterocycles. The van der Waals surface area contributed by atoms with Gasteiger partial charge in [0.05, 0.1) is 6.61 Å². The van der Waals surface area contributed by atoms with Gasteiger partial charge in [0.15, 0.2) is 0 Å². The molecule has 0 amide bonds. The van der Waals surface area contributed by atoms with Crippen LogP contribution in [0.3, 0.4) is 0 Å². The van der Waals surface area contributed by atoms with E-state index in [1.165, 1.54) is 6.42 Å². The fourth-order valence-corrected chi connectivity index (χ4v) is 1.88. The average Bonchev–Trinajstić information content (AvgIpc) is 1.97. The van der Waals surface area contributed by atoms with E-state index in [0.717, 1.165) is 32.7 Å². The summed E-state index contributed by atoms with van der Waals surface area (Å²) in [6.07, 6.45) is 2.34. The molecule has 0 radical (unpaired) electrons. The number of rotatable bonds is 5. The normalized spacial score (nSPS) is 22.2. The summed E-state index contributed by atoms with van der Waals surface area (Å²) in [5.74, 6) is 0. The molecule has 72 valence electrons. The molecule has 0 aromatic carbocycles. The second-order valence-electron chi connectivity index (χ2n) is 3.82. The van der Waals surface area contributed by atoms with Gasteiger partial charge < -0.3 is 10.5 Å². The van der Waals surface area contributed by atoms with Gasteiger partial charge >= 0.3 is 0 Å². The van der Waals surface area contributed by atoms with Gasteiger partial charge in [0, 0.05) is 32.3 Å². The molecule has 1 fully saturated rings. The lowest BCUT2D eigenvalue weighted by Gasteiger charge is -2.47. The molecule has 0 unspecified atom stereocenters. The molecule has 2 N–H and O–H groups in total. The van der Waals surface area contributed by atoms with Crippen molar-refractivity contribution in [3.8, 4) is 0 Å². The van der Waals surface area contributed by atoms with Gasteiger partial charge in [-0.1, -0.05) is 13.3 Å². The van der Waals surface area contributed by atoms with Gasteiger partial charge in [0.25, 0.3) is 0 Å². The third-order valence-electron chi connectivity index (χ3n) is 2.44. The van der Waals surface area contributed by atoms with Crippen LogP contribution in [0.25, 0.3) is 0 Å². The third kappa shape index (κ3) is 2.44. The molecule has 1 saturated heterocycles. The van der Waals surface area contributed by atoms with Crippen molar-refractivity contribution in [3.63, 3.8) is 0 Å². The maximum atomic E-state index is 6.09. The number of ether oxygens (including phenoxy) is 1. The number of methoxy groups -OCH3 is 1. The topological polar surface area (TPSA) is 38.5 Å².